The Bertz CT molecular complexity index is 2410. The van der Waals surface area contributed by atoms with Gasteiger partial charge in [-0.2, -0.15) is 5.10 Å². The summed E-state index contributed by atoms with van der Waals surface area (Å²) in [6, 6.07) is 6.98. The van der Waals surface area contributed by atoms with E-state index in [-0.39, 0.29) is 35.6 Å². The van der Waals surface area contributed by atoms with Crippen LogP contribution in [0.2, 0.25) is 0 Å². The van der Waals surface area contributed by atoms with Gasteiger partial charge in [-0.05, 0) is 44.5 Å². The van der Waals surface area contributed by atoms with E-state index in [2.05, 4.69) is 30.4 Å². The van der Waals surface area contributed by atoms with Crippen LogP contribution in [-0.2, 0) is 16.1 Å². The zero-order chi connectivity index (χ0) is 37.9. The van der Waals surface area contributed by atoms with Crippen LogP contribution in [0.25, 0.3) is 39.0 Å². The lowest BCUT2D eigenvalue weighted by molar-refractivity contribution is -0.133. The molecular formula is C35H35F2N11O3. The van der Waals surface area contributed by atoms with E-state index in [1.807, 2.05) is 23.3 Å². The lowest BCUT2D eigenvalue weighted by Gasteiger charge is -2.31. The van der Waals surface area contributed by atoms with Gasteiger partial charge in [-0.3, -0.25) is 4.79 Å². The van der Waals surface area contributed by atoms with Crippen molar-refractivity contribution in [1.29, 1.82) is 0 Å². The number of aromatic nitrogens is 8. The fourth-order valence-corrected chi connectivity index (χ4v) is 7.17. The molecule has 14 nitrogen and oxygen atoms in total. The van der Waals surface area contributed by atoms with Gasteiger partial charge in [0.05, 0.1) is 52.1 Å². The summed E-state index contributed by atoms with van der Waals surface area (Å²) in [6.07, 6.45) is 4.33. The van der Waals surface area contributed by atoms with Crippen molar-refractivity contribution in [3.8, 4) is 22.7 Å². The molecule has 4 bridgehead atoms. The van der Waals surface area contributed by atoms with Gasteiger partial charge >= 0.3 is 0 Å². The van der Waals surface area contributed by atoms with Gasteiger partial charge in [0.25, 0.3) is 0 Å². The van der Waals surface area contributed by atoms with E-state index in [0.29, 0.717) is 71.4 Å². The molecule has 1 saturated heterocycles. The second-order valence-corrected chi connectivity index (χ2v) is 12.6. The van der Waals surface area contributed by atoms with Gasteiger partial charge in [0.15, 0.2) is 5.65 Å². The van der Waals surface area contributed by atoms with Crippen LogP contribution in [-0.4, -0.2) is 102 Å². The van der Waals surface area contributed by atoms with Crippen LogP contribution in [0.15, 0.2) is 55.1 Å². The zero-order valence-corrected chi connectivity index (χ0v) is 27.9. The Morgan fingerprint density at radius 2 is 1.94 bits per heavy atom. The summed E-state index contributed by atoms with van der Waals surface area (Å²) in [4.78, 5) is 41.0. The minimum atomic E-state index is -2.85. The minimum absolute atomic E-state index is 0.146. The number of nitrogens with one attached hydrogen (secondary N) is 1. The Hall–Kier alpha value is -5.77. The number of hydrogen-bond donors (Lipinski definition) is 1. The molecule has 1 fully saturated rings. The molecule has 6 aromatic rings. The maximum atomic E-state index is 15.0. The number of nitrogens with zero attached hydrogens (tertiary/aromatic N) is 10. The maximum Gasteiger partial charge on any atom is 0.245 e. The smallest absolute Gasteiger partial charge is 0.245 e. The first-order chi connectivity index (χ1) is 25.9. The number of carbonyl (C=O) groups excluding carboxylic acids is 1. The largest absolute Gasteiger partial charge is 0.494 e. The summed E-state index contributed by atoms with van der Waals surface area (Å²) in [5.74, 6) is -0.230. The van der Waals surface area contributed by atoms with Gasteiger partial charge in [-0.1, -0.05) is 0 Å². The molecule has 2 aliphatic heterocycles. The third-order valence-corrected chi connectivity index (χ3v) is 9.37. The molecule has 1 N–H and O–H groups in total. The predicted octanol–water partition coefficient (Wildman–Crippen LogP) is 4.15. The van der Waals surface area contributed by atoms with Crippen LogP contribution in [0.3, 0.4) is 0 Å². The number of aryl methyl sites for hydroxylation is 1. The van der Waals surface area contributed by atoms with Gasteiger partial charge < -0.3 is 29.2 Å². The van der Waals surface area contributed by atoms with E-state index in [9.17, 15) is 9.18 Å². The standard InChI is InChI=1S/C35H35F2N11O3/c1-5-51-23-16-45(3)34(49)29-13-22(43-35-38-9-8-26(44-35)24-10-21(37)11-27-31(24)46(17-23)19(2)42-27)15-47(29)32-25-14-41-48(33(25)40-18-39-32)28-7-6-20(36)12-30(28)50-4/h6-12,14,18,22-23,29H,5,13,15-17H2,1-4H3,(H,38,43,44)/t22-,23-,29-/m0/s1/i4D3. The Morgan fingerprint density at radius 3 is 2.78 bits per heavy atom. The Labute approximate surface area is 295 Å². The van der Waals surface area contributed by atoms with Crippen LogP contribution in [0, 0.1) is 18.6 Å². The lowest BCUT2D eigenvalue weighted by atomic mass is 10.1. The number of fused-ring (bicyclic) bond motifs is 6. The second kappa shape index (κ2) is 12.8. The molecule has 2 aromatic carbocycles. The molecule has 0 spiro atoms. The fourth-order valence-electron chi connectivity index (χ4n) is 7.17. The molecule has 0 radical (unpaired) electrons. The average molecular weight is 699 g/mol. The summed E-state index contributed by atoms with van der Waals surface area (Å²) in [5, 5.41) is 8.32. The second-order valence-electron chi connectivity index (χ2n) is 12.6. The number of ether oxygens (including phenoxy) is 2. The fraction of sp³-hybridized carbons (Fsp3) is 0.343. The van der Waals surface area contributed by atoms with E-state index in [1.165, 1.54) is 35.4 Å². The van der Waals surface area contributed by atoms with Crippen molar-refractivity contribution in [2.24, 2.45) is 0 Å². The van der Waals surface area contributed by atoms with Crippen LogP contribution in [0.5, 0.6) is 5.75 Å². The van der Waals surface area contributed by atoms with Crippen LogP contribution in [0.4, 0.5) is 20.5 Å². The number of amides is 1. The number of hydrogen-bond acceptors (Lipinski definition) is 11. The van der Waals surface area contributed by atoms with E-state index >= 15 is 4.39 Å². The molecule has 0 saturated carbocycles. The minimum Gasteiger partial charge on any atom is -0.494 e. The third-order valence-electron chi connectivity index (χ3n) is 9.37. The number of rotatable bonds is 5. The highest BCUT2D eigenvalue weighted by molar-refractivity contribution is 5.93. The lowest BCUT2D eigenvalue weighted by Crippen LogP contribution is -2.47. The maximum absolute atomic E-state index is 15.0. The van der Waals surface area contributed by atoms with Crippen molar-refractivity contribution in [2.75, 3.05) is 44.0 Å². The molecule has 8 rings (SSSR count). The van der Waals surface area contributed by atoms with Crippen molar-refractivity contribution in [3.63, 3.8) is 0 Å². The van der Waals surface area contributed by atoms with Crippen LogP contribution in [0.1, 0.15) is 23.3 Å². The van der Waals surface area contributed by atoms with E-state index in [1.54, 1.807) is 24.2 Å². The Morgan fingerprint density at radius 1 is 1.06 bits per heavy atom. The van der Waals surface area contributed by atoms with Gasteiger partial charge in [0, 0.05) is 56.7 Å². The summed E-state index contributed by atoms with van der Waals surface area (Å²) in [6.45, 7) is 5.00. The first kappa shape index (κ1) is 29.0. The van der Waals surface area contributed by atoms with Gasteiger partial charge in [0.2, 0.25) is 11.9 Å². The summed E-state index contributed by atoms with van der Waals surface area (Å²) in [5.41, 5.74) is 2.65. The number of methoxy groups -OCH3 is 1. The summed E-state index contributed by atoms with van der Waals surface area (Å²) >= 11 is 0. The quantitative estimate of drug-likeness (QED) is 0.278. The van der Waals surface area contributed by atoms with E-state index in [4.69, 9.17) is 18.6 Å². The zero-order valence-electron chi connectivity index (χ0n) is 30.9. The highest BCUT2D eigenvalue weighted by Crippen LogP contribution is 2.35. The van der Waals surface area contributed by atoms with Gasteiger partial charge in [-0.25, -0.2) is 38.4 Å². The number of likely N-dealkylation sites (N-methyl/N-ethyl adjacent to an activating group) is 1. The molecule has 1 amide bonds. The van der Waals surface area contributed by atoms with Crippen molar-refractivity contribution in [1.82, 2.24) is 44.2 Å². The van der Waals surface area contributed by atoms with Crippen molar-refractivity contribution >= 4 is 39.7 Å². The van der Waals surface area contributed by atoms with Crippen molar-refractivity contribution < 1.29 is 27.2 Å². The number of halogens is 2. The summed E-state index contributed by atoms with van der Waals surface area (Å²) in [7, 11) is -1.12. The molecule has 3 atom stereocenters. The molecule has 51 heavy (non-hydrogen) atoms. The highest BCUT2D eigenvalue weighted by atomic mass is 19.1. The topological polar surface area (TPSA) is 141 Å². The number of anilines is 2. The predicted molar refractivity (Wildman–Crippen MR) is 185 cm³/mol. The molecule has 6 heterocycles. The molecule has 4 aromatic heterocycles. The first-order valence-electron chi connectivity index (χ1n) is 17.9. The number of imidazole rings is 1. The SMILES string of the molecule is [2H]C([2H])([2H])Oc1cc(F)ccc1-n1ncc2c(N3C[C@@H]4C[C@H]3C(=O)N(C)C[C@H](OCC)Cn3c(C)nc5cc(F)cc(c53)-c3ccnc(n3)N4)ncnc21. The first-order valence-corrected chi connectivity index (χ1v) is 16.4. The highest BCUT2D eigenvalue weighted by Gasteiger charge is 2.41. The molecule has 0 unspecified atom stereocenters. The molecule has 16 heteroatoms. The number of carbonyl (C=O) groups is 1. The normalized spacial score (nSPS) is 20.5. The van der Waals surface area contributed by atoms with Crippen LogP contribution >= 0.6 is 0 Å². The summed E-state index contributed by atoms with van der Waals surface area (Å²) < 4.78 is 66.7. The Kier molecular flexibility index (Phi) is 7.30. The van der Waals surface area contributed by atoms with E-state index < -0.39 is 30.8 Å². The molecular weight excluding hydrogens is 660 g/mol. The van der Waals surface area contributed by atoms with Gasteiger partial charge in [-0.15, -0.1) is 0 Å². The number of benzene rings is 2. The molecule has 2 aliphatic rings. The monoisotopic (exact) mass is 698 g/mol. The van der Waals surface area contributed by atoms with Gasteiger partial charge in [0.1, 0.15) is 47.1 Å². The Balaban J connectivity index is 1.22. The van der Waals surface area contributed by atoms with Crippen molar-refractivity contribution in [2.45, 2.75) is 45.0 Å². The average Bonchev–Trinajstić information content (AvgIpc) is 3.82. The van der Waals surface area contributed by atoms with Crippen molar-refractivity contribution in [3.05, 3.63) is 72.6 Å². The molecule has 262 valence electrons. The van der Waals surface area contributed by atoms with Crippen LogP contribution < -0.4 is 15.0 Å². The van der Waals surface area contributed by atoms with E-state index in [0.717, 1.165) is 12.1 Å². The third kappa shape index (κ3) is 5.74. The molecule has 0 aliphatic carbocycles.